The average molecular weight is 331 g/mol. The summed E-state index contributed by atoms with van der Waals surface area (Å²) in [5.41, 5.74) is 6.38. The largest absolute Gasteiger partial charge is 0.324 e. The number of halogens is 4. The second-order valence-corrected chi connectivity index (χ2v) is 4.96. The van der Waals surface area contributed by atoms with E-state index in [4.69, 9.17) is 5.73 Å². The Morgan fingerprint density at radius 3 is 2.47 bits per heavy atom. The molecule has 6 heteroatoms. The van der Waals surface area contributed by atoms with Crippen molar-refractivity contribution >= 4 is 15.9 Å². The SMILES string of the molecule is NC(Cc1ccc(Br)cn1)c1ccc(F)c(F)c1F. The lowest BCUT2D eigenvalue weighted by atomic mass is 10.0. The van der Waals surface area contributed by atoms with Gasteiger partial charge >= 0.3 is 0 Å². The highest BCUT2D eigenvalue weighted by atomic mass is 79.9. The quantitative estimate of drug-likeness (QED) is 0.875. The van der Waals surface area contributed by atoms with Crippen LogP contribution in [0.1, 0.15) is 17.3 Å². The van der Waals surface area contributed by atoms with Crippen LogP contribution in [0.4, 0.5) is 13.2 Å². The normalized spacial score (nSPS) is 12.5. The molecule has 1 aromatic heterocycles. The molecule has 0 aliphatic heterocycles. The van der Waals surface area contributed by atoms with E-state index in [9.17, 15) is 13.2 Å². The van der Waals surface area contributed by atoms with E-state index in [0.717, 1.165) is 16.6 Å². The van der Waals surface area contributed by atoms with E-state index >= 15 is 0 Å². The van der Waals surface area contributed by atoms with Crippen molar-refractivity contribution in [2.45, 2.75) is 12.5 Å². The first-order valence-corrected chi connectivity index (χ1v) is 6.27. The predicted molar refractivity (Wildman–Crippen MR) is 68.9 cm³/mol. The van der Waals surface area contributed by atoms with E-state index in [1.54, 1.807) is 18.3 Å². The molecule has 1 heterocycles. The molecule has 1 unspecified atom stereocenters. The van der Waals surface area contributed by atoms with Crippen LogP contribution >= 0.6 is 15.9 Å². The number of nitrogens with zero attached hydrogens (tertiary/aromatic N) is 1. The van der Waals surface area contributed by atoms with Crippen LogP contribution in [-0.4, -0.2) is 4.98 Å². The second-order valence-electron chi connectivity index (χ2n) is 4.04. The predicted octanol–water partition coefficient (Wildman–Crippen LogP) is 3.50. The van der Waals surface area contributed by atoms with Crippen LogP contribution < -0.4 is 5.73 Å². The Kier molecular flexibility index (Phi) is 4.21. The molecular formula is C13H10BrF3N2. The summed E-state index contributed by atoms with van der Waals surface area (Å²) in [6.07, 6.45) is 1.82. The maximum absolute atomic E-state index is 13.6. The van der Waals surface area contributed by atoms with Crippen molar-refractivity contribution in [3.8, 4) is 0 Å². The van der Waals surface area contributed by atoms with Gasteiger partial charge in [0.05, 0.1) is 0 Å². The molecule has 0 saturated heterocycles. The number of aromatic nitrogens is 1. The molecule has 0 aliphatic rings. The van der Waals surface area contributed by atoms with Crippen LogP contribution in [0.5, 0.6) is 0 Å². The van der Waals surface area contributed by atoms with Crippen molar-refractivity contribution < 1.29 is 13.2 Å². The van der Waals surface area contributed by atoms with Gasteiger partial charge in [-0.1, -0.05) is 6.07 Å². The van der Waals surface area contributed by atoms with E-state index in [1.807, 2.05) is 0 Å². The lowest BCUT2D eigenvalue weighted by molar-refractivity contribution is 0.435. The van der Waals surface area contributed by atoms with E-state index in [-0.39, 0.29) is 12.0 Å². The molecule has 0 bridgehead atoms. The summed E-state index contributed by atoms with van der Waals surface area (Å²) in [6, 6.07) is 4.72. The van der Waals surface area contributed by atoms with Gasteiger partial charge in [-0.05, 0) is 34.1 Å². The van der Waals surface area contributed by atoms with Crippen LogP contribution in [0.15, 0.2) is 34.9 Å². The first-order chi connectivity index (χ1) is 8.99. The molecule has 0 aliphatic carbocycles. The fourth-order valence-electron chi connectivity index (χ4n) is 1.69. The van der Waals surface area contributed by atoms with Crippen molar-refractivity contribution in [3.05, 3.63) is 63.6 Å². The van der Waals surface area contributed by atoms with Gasteiger partial charge in [-0.2, -0.15) is 0 Å². The maximum Gasteiger partial charge on any atom is 0.194 e. The average Bonchev–Trinajstić information content (AvgIpc) is 2.39. The number of hydrogen-bond acceptors (Lipinski definition) is 2. The monoisotopic (exact) mass is 330 g/mol. The number of hydrogen-bond donors (Lipinski definition) is 1. The van der Waals surface area contributed by atoms with Gasteiger partial charge in [-0.3, -0.25) is 4.98 Å². The number of benzene rings is 1. The molecule has 1 atom stereocenters. The molecular weight excluding hydrogens is 321 g/mol. The zero-order chi connectivity index (χ0) is 14.0. The van der Waals surface area contributed by atoms with Crippen LogP contribution in [0.2, 0.25) is 0 Å². The second kappa shape index (κ2) is 5.71. The highest BCUT2D eigenvalue weighted by Gasteiger charge is 2.18. The number of nitrogens with two attached hydrogens (primary N) is 1. The molecule has 0 amide bonds. The highest BCUT2D eigenvalue weighted by molar-refractivity contribution is 9.10. The molecule has 0 fully saturated rings. The Bertz CT molecular complexity index is 587. The molecule has 2 rings (SSSR count). The Morgan fingerprint density at radius 1 is 1.11 bits per heavy atom. The highest BCUT2D eigenvalue weighted by Crippen LogP contribution is 2.22. The van der Waals surface area contributed by atoms with Gasteiger partial charge in [0, 0.05) is 34.4 Å². The summed E-state index contributed by atoms with van der Waals surface area (Å²) in [7, 11) is 0. The molecule has 100 valence electrons. The van der Waals surface area contributed by atoms with Gasteiger partial charge in [-0.25, -0.2) is 13.2 Å². The molecule has 2 nitrogen and oxygen atoms in total. The van der Waals surface area contributed by atoms with E-state index < -0.39 is 23.5 Å². The molecule has 0 radical (unpaired) electrons. The summed E-state index contributed by atoms with van der Waals surface area (Å²) in [5, 5.41) is 0. The van der Waals surface area contributed by atoms with Gasteiger partial charge < -0.3 is 5.73 Å². The number of pyridine rings is 1. The van der Waals surface area contributed by atoms with Crippen LogP contribution in [0, 0.1) is 17.5 Å². The van der Waals surface area contributed by atoms with Crippen molar-refractivity contribution in [1.29, 1.82) is 0 Å². The minimum atomic E-state index is -1.50. The van der Waals surface area contributed by atoms with Crippen molar-refractivity contribution in [1.82, 2.24) is 4.98 Å². The minimum absolute atomic E-state index is 0.0661. The molecule has 1 aromatic carbocycles. The van der Waals surface area contributed by atoms with Crippen molar-refractivity contribution in [2.24, 2.45) is 5.73 Å². The molecule has 19 heavy (non-hydrogen) atoms. The van der Waals surface area contributed by atoms with Gasteiger partial charge in [0.25, 0.3) is 0 Å². The zero-order valence-electron chi connectivity index (χ0n) is 9.71. The molecule has 2 N–H and O–H groups in total. The van der Waals surface area contributed by atoms with Crippen LogP contribution in [0.3, 0.4) is 0 Å². The Balaban J connectivity index is 2.23. The standard InChI is InChI=1S/C13H10BrF3N2/c14-7-1-2-8(19-6-7)5-11(18)9-3-4-10(15)13(17)12(9)16/h1-4,6,11H,5,18H2. The minimum Gasteiger partial charge on any atom is -0.324 e. The maximum atomic E-state index is 13.6. The summed E-state index contributed by atoms with van der Waals surface area (Å²) in [5.74, 6) is -3.98. The molecule has 2 aromatic rings. The van der Waals surface area contributed by atoms with Gasteiger partial charge in [-0.15, -0.1) is 0 Å². The summed E-state index contributed by atoms with van der Waals surface area (Å²) in [4.78, 5) is 4.10. The third kappa shape index (κ3) is 3.13. The number of rotatable bonds is 3. The van der Waals surface area contributed by atoms with Gasteiger partial charge in [0.15, 0.2) is 17.5 Å². The lowest BCUT2D eigenvalue weighted by Gasteiger charge is -2.13. The van der Waals surface area contributed by atoms with E-state index in [2.05, 4.69) is 20.9 Å². The smallest absolute Gasteiger partial charge is 0.194 e. The third-order valence-corrected chi connectivity index (χ3v) is 3.15. The summed E-state index contributed by atoms with van der Waals surface area (Å²) < 4.78 is 40.3. The van der Waals surface area contributed by atoms with Crippen molar-refractivity contribution in [2.75, 3.05) is 0 Å². The topological polar surface area (TPSA) is 38.9 Å². The summed E-state index contributed by atoms with van der Waals surface area (Å²) >= 11 is 3.24. The van der Waals surface area contributed by atoms with Crippen molar-refractivity contribution in [3.63, 3.8) is 0 Å². The fraction of sp³-hybridized carbons (Fsp3) is 0.154. The van der Waals surface area contributed by atoms with E-state index in [1.165, 1.54) is 0 Å². The first-order valence-electron chi connectivity index (χ1n) is 5.48. The zero-order valence-corrected chi connectivity index (χ0v) is 11.3. The fourth-order valence-corrected chi connectivity index (χ4v) is 1.92. The molecule has 0 saturated carbocycles. The Morgan fingerprint density at radius 2 is 1.84 bits per heavy atom. The van der Waals surface area contributed by atoms with Gasteiger partial charge in [0.2, 0.25) is 0 Å². The summed E-state index contributed by atoms with van der Waals surface area (Å²) in [6.45, 7) is 0. The van der Waals surface area contributed by atoms with Gasteiger partial charge in [0.1, 0.15) is 0 Å². The van der Waals surface area contributed by atoms with Crippen LogP contribution in [-0.2, 0) is 6.42 Å². The first kappa shape index (κ1) is 14.0. The lowest BCUT2D eigenvalue weighted by Crippen LogP contribution is -2.16. The van der Waals surface area contributed by atoms with E-state index in [0.29, 0.717) is 5.69 Å². The molecule has 0 spiro atoms. The Hall–Kier alpha value is -1.40. The van der Waals surface area contributed by atoms with Crippen LogP contribution in [0.25, 0.3) is 0 Å². The Labute approximate surface area is 116 Å². The third-order valence-electron chi connectivity index (χ3n) is 2.68.